The van der Waals surface area contributed by atoms with Gasteiger partial charge in [-0.3, -0.25) is 14.6 Å². The number of rotatable bonds is 3. The first-order valence-electron chi connectivity index (χ1n) is 5.83. The summed E-state index contributed by atoms with van der Waals surface area (Å²) >= 11 is 0. The number of ketones is 1. The Bertz CT molecular complexity index is 621. The molecule has 0 unspecified atom stereocenters. The summed E-state index contributed by atoms with van der Waals surface area (Å²) in [5, 5.41) is 0. The topological polar surface area (TPSA) is 56.3 Å². The number of hydrogen-bond acceptors (Lipinski definition) is 4. The molecule has 1 aromatic carbocycles. The van der Waals surface area contributed by atoms with Crippen LogP contribution in [0.3, 0.4) is 0 Å². The summed E-state index contributed by atoms with van der Waals surface area (Å²) in [6.07, 6.45) is 1.55. The van der Waals surface area contributed by atoms with Gasteiger partial charge >= 0.3 is 5.97 Å². The molecule has 4 heteroatoms. The largest absolute Gasteiger partial charge is 0.426 e. The first-order chi connectivity index (χ1) is 9.09. The van der Waals surface area contributed by atoms with E-state index in [0.717, 1.165) is 5.56 Å². The lowest BCUT2D eigenvalue weighted by Crippen LogP contribution is -2.11. The summed E-state index contributed by atoms with van der Waals surface area (Å²) in [5.74, 6) is -0.446. The number of carbonyl (C=O) groups excluding carboxylic acids is 2. The normalized spacial score (nSPS) is 10.0. The van der Waals surface area contributed by atoms with Crippen LogP contribution in [0.15, 0.2) is 42.6 Å². The van der Waals surface area contributed by atoms with Crippen LogP contribution in [-0.2, 0) is 4.79 Å². The minimum absolute atomic E-state index is 0.255. The Labute approximate surface area is 111 Å². The van der Waals surface area contributed by atoms with E-state index in [9.17, 15) is 9.59 Å². The number of ether oxygens (including phenoxy) is 1. The highest BCUT2D eigenvalue weighted by Gasteiger charge is 2.19. The molecular weight excluding hydrogens is 242 g/mol. The molecule has 1 heterocycles. The maximum Gasteiger partial charge on any atom is 0.308 e. The Morgan fingerprint density at radius 1 is 1.11 bits per heavy atom. The van der Waals surface area contributed by atoms with Gasteiger partial charge in [0, 0.05) is 13.1 Å². The fourth-order valence-corrected chi connectivity index (χ4v) is 1.80. The molecule has 0 aliphatic carbocycles. The third-order valence-corrected chi connectivity index (χ3v) is 2.61. The molecule has 96 valence electrons. The molecule has 2 aromatic rings. The molecule has 19 heavy (non-hydrogen) atoms. The molecule has 0 aliphatic rings. The van der Waals surface area contributed by atoms with Gasteiger partial charge in [-0.05, 0) is 30.7 Å². The lowest BCUT2D eigenvalue weighted by Gasteiger charge is -2.10. The number of aryl methyl sites for hydroxylation is 1. The summed E-state index contributed by atoms with van der Waals surface area (Å²) in [5.41, 5.74) is 1.44. The number of aromatic nitrogens is 1. The van der Waals surface area contributed by atoms with Crippen molar-refractivity contribution < 1.29 is 14.3 Å². The predicted molar refractivity (Wildman–Crippen MR) is 70.2 cm³/mol. The van der Waals surface area contributed by atoms with Gasteiger partial charge in [-0.2, -0.15) is 0 Å². The second kappa shape index (κ2) is 5.44. The van der Waals surface area contributed by atoms with E-state index >= 15 is 0 Å². The van der Waals surface area contributed by atoms with Crippen LogP contribution in [0.2, 0.25) is 0 Å². The first kappa shape index (κ1) is 13.0. The number of esters is 1. The highest BCUT2D eigenvalue weighted by Crippen LogP contribution is 2.24. The molecule has 0 bridgehead atoms. The Hall–Kier alpha value is -2.49. The Morgan fingerprint density at radius 2 is 1.89 bits per heavy atom. The molecule has 4 nitrogen and oxygen atoms in total. The van der Waals surface area contributed by atoms with Gasteiger partial charge < -0.3 is 4.74 Å². The van der Waals surface area contributed by atoms with E-state index in [0.29, 0.717) is 11.3 Å². The third kappa shape index (κ3) is 2.85. The van der Waals surface area contributed by atoms with Gasteiger partial charge in [0.05, 0.1) is 5.56 Å². The monoisotopic (exact) mass is 255 g/mol. The van der Waals surface area contributed by atoms with Crippen molar-refractivity contribution in [1.82, 2.24) is 4.98 Å². The van der Waals surface area contributed by atoms with Crippen molar-refractivity contribution in [3.8, 4) is 5.75 Å². The van der Waals surface area contributed by atoms with E-state index in [1.165, 1.54) is 6.92 Å². The van der Waals surface area contributed by atoms with Crippen molar-refractivity contribution >= 4 is 11.8 Å². The van der Waals surface area contributed by atoms with Gasteiger partial charge in [0.1, 0.15) is 11.4 Å². The van der Waals surface area contributed by atoms with E-state index in [-0.39, 0.29) is 11.5 Å². The molecule has 0 radical (unpaired) electrons. The number of hydrogen-bond donors (Lipinski definition) is 0. The predicted octanol–water partition coefficient (Wildman–Crippen LogP) is 2.55. The molecule has 0 saturated heterocycles. The van der Waals surface area contributed by atoms with Crippen molar-refractivity contribution in [1.29, 1.82) is 0 Å². The molecule has 0 atom stereocenters. The molecule has 1 aromatic heterocycles. The van der Waals surface area contributed by atoms with E-state index < -0.39 is 5.97 Å². The Kier molecular flexibility index (Phi) is 3.71. The maximum absolute atomic E-state index is 12.4. The third-order valence-electron chi connectivity index (χ3n) is 2.61. The molecule has 0 fully saturated rings. The number of benzene rings is 1. The summed E-state index contributed by atoms with van der Waals surface area (Å²) in [6, 6.07) is 10.2. The summed E-state index contributed by atoms with van der Waals surface area (Å²) in [6.45, 7) is 3.10. The van der Waals surface area contributed by atoms with Crippen LogP contribution in [-0.4, -0.2) is 16.7 Å². The second-order valence-electron chi connectivity index (χ2n) is 4.09. The first-order valence-corrected chi connectivity index (χ1v) is 5.83. The average Bonchev–Trinajstić information content (AvgIpc) is 2.38. The smallest absolute Gasteiger partial charge is 0.308 e. The van der Waals surface area contributed by atoms with Crippen molar-refractivity contribution in [3.05, 3.63) is 59.4 Å². The van der Waals surface area contributed by atoms with Gasteiger partial charge in [-0.25, -0.2) is 0 Å². The Balaban J connectivity index is 2.49. The minimum Gasteiger partial charge on any atom is -0.426 e. The molecular formula is C15H13NO3. The second-order valence-corrected chi connectivity index (χ2v) is 4.09. The van der Waals surface area contributed by atoms with E-state index in [1.807, 2.05) is 0 Å². The van der Waals surface area contributed by atoms with E-state index in [1.54, 1.807) is 49.5 Å². The quantitative estimate of drug-likeness (QED) is 0.480. The van der Waals surface area contributed by atoms with Gasteiger partial charge in [-0.15, -0.1) is 0 Å². The molecule has 0 N–H and O–H groups in total. The zero-order valence-corrected chi connectivity index (χ0v) is 10.7. The molecule has 0 spiro atoms. The molecule has 0 aliphatic heterocycles. The molecule has 0 amide bonds. The number of carbonyl (C=O) groups is 2. The summed E-state index contributed by atoms with van der Waals surface area (Å²) in [4.78, 5) is 27.5. The van der Waals surface area contributed by atoms with E-state index in [4.69, 9.17) is 4.74 Å². The van der Waals surface area contributed by atoms with Gasteiger partial charge in [0.15, 0.2) is 0 Å². The average molecular weight is 255 g/mol. The van der Waals surface area contributed by atoms with Crippen molar-refractivity contribution in [2.75, 3.05) is 0 Å². The van der Waals surface area contributed by atoms with Crippen molar-refractivity contribution in [3.63, 3.8) is 0 Å². The van der Waals surface area contributed by atoms with Gasteiger partial charge in [0.25, 0.3) is 0 Å². The van der Waals surface area contributed by atoms with Crippen molar-refractivity contribution in [2.45, 2.75) is 13.8 Å². The van der Waals surface area contributed by atoms with Crippen LogP contribution >= 0.6 is 0 Å². The highest BCUT2D eigenvalue weighted by atomic mass is 16.5. The van der Waals surface area contributed by atoms with Gasteiger partial charge in [0.2, 0.25) is 5.78 Å². The molecule has 0 saturated carbocycles. The fourth-order valence-electron chi connectivity index (χ4n) is 1.80. The SMILES string of the molecule is CC(=O)Oc1cccc(C)c1C(=O)c1ccccn1. The van der Waals surface area contributed by atoms with Crippen molar-refractivity contribution in [2.24, 2.45) is 0 Å². The zero-order valence-electron chi connectivity index (χ0n) is 10.7. The van der Waals surface area contributed by atoms with Gasteiger partial charge in [-0.1, -0.05) is 18.2 Å². The minimum atomic E-state index is -0.458. The number of nitrogens with zero attached hydrogens (tertiary/aromatic N) is 1. The summed E-state index contributed by atoms with van der Waals surface area (Å²) < 4.78 is 5.08. The summed E-state index contributed by atoms with van der Waals surface area (Å²) in [7, 11) is 0. The fraction of sp³-hybridized carbons (Fsp3) is 0.133. The van der Waals surface area contributed by atoms with E-state index in [2.05, 4.69) is 4.98 Å². The van der Waals surface area contributed by atoms with Crippen LogP contribution in [0.1, 0.15) is 28.5 Å². The van der Waals surface area contributed by atoms with Crippen LogP contribution in [0.4, 0.5) is 0 Å². The number of pyridine rings is 1. The van der Waals surface area contributed by atoms with Crippen LogP contribution in [0.25, 0.3) is 0 Å². The van der Waals surface area contributed by atoms with Crippen LogP contribution in [0, 0.1) is 6.92 Å². The van der Waals surface area contributed by atoms with Crippen LogP contribution < -0.4 is 4.74 Å². The van der Waals surface area contributed by atoms with Crippen LogP contribution in [0.5, 0.6) is 5.75 Å². The maximum atomic E-state index is 12.4. The standard InChI is InChI=1S/C15H13NO3/c1-10-6-5-8-13(19-11(2)17)14(10)15(18)12-7-3-4-9-16-12/h3-9H,1-2H3. The lowest BCUT2D eigenvalue weighted by atomic mass is 10.0. The zero-order chi connectivity index (χ0) is 13.8. The highest BCUT2D eigenvalue weighted by molar-refractivity contribution is 6.10. The Morgan fingerprint density at radius 3 is 2.53 bits per heavy atom. The molecule has 2 rings (SSSR count). The lowest BCUT2D eigenvalue weighted by molar-refractivity contribution is -0.131.